The Bertz CT molecular complexity index is 953. The molecule has 0 bridgehead atoms. The van der Waals surface area contributed by atoms with Crippen molar-refractivity contribution in [2.75, 3.05) is 26.9 Å². The summed E-state index contributed by atoms with van der Waals surface area (Å²) in [6, 6.07) is 13.6. The van der Waals surface area contributed by atoms with Crippen LogP contribution in [0.2, 0.25) is 0 Å². The summed E-state index contributed by atoms with van der Waals surface area (Å²) in [4.78, 5) is 27.3. The van der Waals surface area contributed by atoms with Crippen molar-refractivity contribution >= 4 is 33.4 Å². The van der Waals surface area contributed by atoms with E-state index >= 15 is 0 Å². The molecule has 7 heteroatoms. The standard InChI is InChI=1S/C24H26BrNO5/c1-3-14-31-19-11-7-17(8-12-19)22(27)20-21(16-5-9-18(25)10-6-16)26(13-4-15-30-2)24(29)23(20)28/h5-12,21,27H,3-4,13-15H2,1-2H3/b22-20+. The molecular formula is C24H26BrNO5. The molecule has 1 amide bonds. The number of Topliss-reactive ketones (excluding diaryl/α,β-unsaturated/α-hetero) is 1. The third-order valence-electron chi connectivity index (χ3n) is 5.07. The Labute approximate surface area is 190 Å². The predicted molar refractivity (Wildman–Crippen MR) is 122 cm³/mol. The van der Waals surface area contributed by atoms with Gasteiger partial charge in [-0.3, -0.25) is 9.59 Å². The smallest absolute Gasteiger partial charge is 0.295 e. The summed E-state index contributed by atoms with van der Waals surface area (Å²) in [6.45, 7) is 3.43. The van der Waals surface area contributed by atoms with Crippen molar-refractivity contribution in [2.24, 2.45) is 0 Å². The highest BCUT2D eigenvalue weighted by molar-refractivity contribution is 9.10. The second-order valence-electron chi connectivity index (χ2n) is 7.26. The van der Waals surface area contributed by atoms with Crippen molar-refractivity contribution in [3.63, 3.8) is 0 Å². The third kappa shape index (κ3) is 5.17. The summed E-state index contributed by atoms with van der Waals surface area (Å²) in [5.74, 6) is -0.812. The maximum Gasteiger partial charge on any atom is 0.295 e. The molecule has 31 heavy (non-hydrogen) atoms. The number of ether oxygens (including phenoxy) is 2. The zero-order valence-corrected chi connectivity index (χ0v) is 19.2. The molecule has 164 valence electrons. The lowest BCUT2D eigenvalue weighted by Gasteiger charge is -2.25. The summed E-state index contributed by atoms with van der Waals surface area (Å²) in [5, 5.41) is 11.1. The van der Waals surface area contributed by atoms with Crippen LogP contribution < -0.4 is 4.74 Å². The Hall–Kier alpha value is -2.64. The fourth-order valence-electron chi connectivity index (χ4n) is 3.57. The first-order valence-corrected chi connectivity index (χ1v) is 11.0. The zero-order chi connectivity index (χ0) is 22.4. The first kappa shape index (κ1) is 23.0. The SMILES string of the molecule is CCCOc1ccc(/C(O)=C2\C(=O)C(=O)N(CCCOC)C2c2ccc(Br)cc2)cc1. The number of aliphatic hydroxyl groups is 1. The molecule has 0 aliphatic carbocycles. The molecular weight excluding hydrogens is 462 g/mol. The second-order valence-corrected chi connectivity index (χ2v) is 8.18. The van der Waals surface area contributed by atoms with E-state index in [1.165, 1.54) is 4.90 Å². The summed E-state index contributed by atoms with van der Waals surface area (Å²) < 4.78 is 11.6. The molecule has 1 fully saturated rings. The highest BCUT2D eigenvalue weighted by atomic mass is 79.9. The first-order chi connectivity index (χ1) is 15.0. The molecule has 2 aromatic rings. The largest absolute Gasteiger partial charge is 0.507 e. The average molecular weight is 488 g/mol. The monoisotopic (exact) mass is 487 g/mol. The number of carbonyl (C=O) groups is 2. The molecule has 1 aliphatic heterocycles. The van der Waals surface area contributed by atoms with E-state index in [1.807, 2.05) is 31.2 Å². The number of nitrogens with zero attached hydrogens (tertiary/aromatic N) is 1. The van der Waals surface area contributed by atoms with E-state index in [0.717, 1.165) is 16.5 Å². The van der Waals surface area contributed by atoms with Crippen LogP contribution in [0.5, 0.6) is 5.75 Å². The van der Waals surface area contributed by atoms with Crippen molar-refractivity contribution in [1.29, 1.82) is 0 Å². The molecule has 1 unspecified atom stereocenters. The maximum absolute atomic E-state index is 12.9. The number of rotatable bonds is 9. The number of hydrogen-bond acceptors (Lipinski definition) is 5. The van der Waals surface area contributed by atoms with Crippen molar-refractivity contribution < 1.29 is 24.2 Å². The molecule has 3 rings (SSSR count). The van der Waals surface area contributed by atoms with E-state index < -0.39 is 17.7 Å². The van der Waals surface area contributed by atoms with Crippen molar-refractivity contribution in [3.05, 3.63) is 69.7 Å². The van der Waals surface area contributed by atoms with Crippen LogP contribution in [-0.4, -0.2) is 48.6 Å². The quantitative estimate of drug-likeness (QED) is 0.240. The number of carbonyl (C=O) groups excluding carboxylic acids is 2. The van der Waals surface area contributed by atoms with Gasteiger partial charge in [0.1, 0.15) is 11.5 Å². The topological polar surface area (TPSA) is 76.1 Å². The second kappa shape index (κ2) is 10.6. The first-order valence-electron chi connectivity index (χ1n) is 10.2. The normalized spacial score (nSPS) is 17.9. The molecule has 2 aromatic carbocycles. The van der Waals surface area contributed by atoms with Crippen LogP contribution in [0.15, 0.2) is 58.6 Å². The van der Waals surface area contributed by atoms with Gasteiger partial charge >= 0.3 is 0 Å². The van der Waals surface area contributed by atoms with Crippen LogP contribution in [-0.2, 0) is 14.3 Å². The number of ketones is 1. The van der Waals surface area contributed by atoms with Crippen LogP contribution in [0.1, 0.15) is 36.9 Å². The molecule has 0 saturated carbocycles. The van der Waals surface area contributed by atoms with E-state index in [0.29, 0.717) is 37.5 Å². The van der Waals surface area contributed by atoms with Gasteiger partial charge in [0, 0.05) is 30.3 Å². The third-order valence-corrected chi connectivity index (χ3v) is 5.60. The minimum atomic E-state index is -0.686. The lowest BCUT2D eigenvalue weighted by Crippen LogP contribution is -2.31. The van der Waals surface area contributed by atoms with Gasteiger partial charge in [-0.15, -0.1) is 0 Å². The van der Waals surface area contributed by atoms with E-state index in [1.54, 1.807) is 31.4 Å². The number of hydrogen-bond donors (Lipinski definition) is 1. The van der Waals surface area contributed by atoms with Crippen LogP contribution in [0, 0.1) is 0 Å². The molecule has 0 spiro atoms. The Balaban J connectivity index is 2.02. The van der Waals surface area contributed by atoms with E-state index in [9.17, 15) is 14.7 Å². The Morgan fingerprint density at radius 3 is 2.35 bits per heavy atom. The van der Waals surface area contributed by atoms with Crippen molar-refractivity contribution in [1.82, 2.24) is 4.90 Å². The summed E-state index contributed by atoms with van der Waals surface area (Å²) >= 11 is 3.41. The highest BCUT2D eigenvalue weighted by Gasteiger charge is 2.45. The molecule has 1 aliphatic rings. The van der Waals surface area contributed by atoms with Gasteiger partial charge in [0.25, 0.3) is 11.7 Å². The lowest BCUT2D eigenvalue weighted by molar-refractivity contribution is -0.140. The summed E-state index contributed by atoms with van der Waals surface area (Å²) in [7, 11) is 1.59. The van der Waals surface area contributed by atoms with Crippen molar-refractivity contribution in [2.45, 2.75) is 25.8 Å². The fourth-order valence-corrected chi connectivity index (χ4v) is 3.83. The van der Waals surface area contributed by atoms with Gasteiger partial charge < -0.3 is 19.5 Å². The number of amides is 1. The Morgan fingerprint density at radius 1 is 1.06 bits per heavy atom. The molecule has 1 atom stereocenters. The van der Waals surface area contributed by atoms with E-state index in [4.69, 9.17) is 9.47 Å². The number of halogens is 1. The number of methoxy groups -OCH3 is 1. The number of aliphatic hydroxyl groups excluding tert-OH is 1. The minimum absolute atomic E-state index is 0.0898. The van der Waals surface area contributed by atoms with E-state index in [-0.39, 0.29) is 11.3 Å². The average Bonchev–Trinajstić information content (AvgIpc) is 3.03. The molecule has 1 heterocycles. The Morgan fingerprint density at radius 2 is 1.74 bits per heavy atom. The van der Waals surface area contributed by atoms with Crippen LogP contribution in [0.3, 0.4) is 0 Å². The van der Waals surface area contributed by atoms with Gasteiger partial charge in [-0.05, 0) is 54.8 Å². The molecule has 6 nitrogen and oxygen atoms in total. The summed E-state index contributed by atoms with van der Waals surface area (Å²) in [6.07, 6.45) is 1.47. The van der Waals surface area contributed by atoms with Crippen LogP contribution >= 0.6 is 15.9 Å². The van der Waals surface area contributed by atoms with Gasteiger partial charge in [0.15, 0.2) is 0 Å². The number of likely N-dealkylation sites (tertiary alicyclic amines) is 1. The van der Waals surface area contributed by atoms with Gasteiger partial charge in [0.2, 0.25) is 0 Å². The molecule has 0 aromatic heterocycles. The molecule has 0 radical (unpaired) electrons. The minimum Gasteiger partial charge on any atom is -0.507 e. The highest BCUT2D eigenvalue weighted by Crippen LogP contribution is 2.39. The number of benzene rings is 2. The van der Waals surface area contributed by atoms with Gasteiger partial charge in [0.05, 0.1) is 18.2 Å². The molecule has 1 saturated heterocycles. The maximum atomic E-state index is 12.9. The lowest BCUT2D eigenvalue weighted by atomic mass is 9.95. The Kier molecular flexibility index (Phi) is 7.87. The zero-order valence-electron chi connectivity index (χ0n) is 17.6. The fraction of sp³-hybridized carbons (Fsp3) is 0.333. The summed E-state index contributed by atoms with van der Waals surface area (Å²) in [5.41, 5.74) is 1.30. The van der Waals surface area contributed by atoms with Crippen LogP contribution in [0.25, 0.3) is 5.76 Å². The molecule has 1 N–H and O–H groups in total. The van der Waals surface area contributed by atoms with Gasteiger partial charge in [-0.25, -0.2) is 0 Å². The van der Waals surface area contributed by atoms with Crippen LogP contribution in [0.4, 0.5) is 0 Å². The van der Waals surface area contributed by atoms with E-state index in [2.05, 4.69) is 15.9 Å². The van der Waals surface area contributed by atoms with Gasteiger partial charge in [-0.2, -0.15) is 0 Å². The predicted octanol–water partition coefficient (Wildman–Crippen LogP) is 4.70. The van der Waals surface area contributed by atoms with Gasteiger partial charge in [-0.1, -0.05) is 35.0 Å². The van der Waals surface area contributed by atoms with Crippen molar-refractivity contribution in [3.8, 4) is 5.75 Å².